The van der Waals surface area contributed by atoms with Gasteiger partial charge in [-0.25, -0.2) is 4.98 Å². The van der Waals surface area contributed by atoms with Gasteiger partial charge in [-0.1, -0.05) is 13.8 Å². The Morgan fingerprint density at radius 2 is 2.17 bits per heavy atom. The number of carbonyl (C=O) groups is 2. The minimum absolute atomic E-state index is 0.165. The number of anilines is 2. The number of benzene rings is 1. The van der Waals surface area contributed by atoms with Crippen LogP contribution >= 0.6 is 11.3 Å². The molecule has 1 aromatic heterocycles. The van der Waals surface area contributed by atoms with E-state index in [1.165, 1.54) is 11.3 Å². The number of rotatable bonds is 4. The summed E-state index contributed by atoms with van der Waals surface area (Å²) in [5.74, 6) is 0.275. The molecule has 1 aliphatic heterocycles. The Hall–Kier alpha value is -2.21. The van der Waals surface area contributed by atoms with Crippen LogP contribution in [0.2, 0.25) is 0 Å². The van der Waals surface area contributed by atoms with Crippen molar-refractivity contribution < 1.29 is 9.59 Å². The molecule has 2 heterocycles. The van der Waals surface area contributed by atoms with Crippen molar-refractivity contribution in [3.05, 3.63) is 39.8 Å². The molecule has 0 spiro atoms. The molecular weight excluding hydrogens is 322 g/mol. The van der Waals surface area contributed by atoms with E-state index in [4.69, 9.17) is 0 Å². The predicted molar refractivity (Wildman–Crippen MR) is 96.9 cm³/mol. The lowest BCUT2D eigenvalue weighted by Gasteiger charge is -2.19. The van der Waals surface area contributed by atoms with Gasteiger partial charge in [-0.15, -0.1) is 11.3 Å². The summed E-state index contributed by atoms with van der Waals surface area (Å²) in [5.41, 5.74) is 3.06. The standard InChI is InChI=1S/C18H21N3O2S/c1-11(2)18-20-14(10-24-18)17(23)19-13-6-7-15(12(3)9-13)21-8-4-5-16(21)22/h6-7,9-11H,4-5,8H2,1-3H3,(H,19,23). The monoisotopic (exact) mass is 343 g/mol. The van der Waals surface area contributed by atoms with Crippen molar-refractivity contribution in [2.45, 2.75) is 39.5 Å². The molecule has 126 valence electrons. The summed E-state index contributed by atoms with van der Waals surface area (Å²) in [5, 5.41) is 5.63. The van der Waals surface area contributed by atoms with E-state index in [9.17, 15) is 9.59 Å². The molecular formula is C18H21N3O2S. The van der Waals surface area contributed by atoms with Crippen molar-refractivity contribution in [3.8, 4) is 0 Å². The Morgan fingerprint density at radius 1 is 1.38 bits per heavy atom. The first-order chi connectivity index (χ1) is 11.5. The molecule has 24 heavy (non-hydrogen) atoms. The highest BCUT2D eigenvalue weighted by molar-refractivity contribution is 7.09. The smallest absolute Gasteiger partial charge is 0.275 e. The number of nitrogens with zero attached hydrogens (tertiary/aromatic N) is 2. The van der Waals surface area contributed by atoms with Gasteiger partial charge >= 0.3 is 0 Å². The summed E-state index contributed by atoms with van der Waals surface area (Å²) in [6.07, 6.45) is 1.51. The maximum Gasteiger partial charge on any atom is 0.275 e. The first-order valence-electron chi connectivity index (χ1n) is 8.13. The molecule has 0 atom stereocenters. The van der Waals surface area contributed by atoms with Gasteiger partial charge in [0.15, 0.2) is 0 Å². The molecule has 0 unspecified atom stereocenters. The Morgan fingerprint density at radius 3 is 2.75 bits per heavy atom. The molecule has 0 bridgehead atoms. The molecule has 0 radical (unpaired) electrons. The molecule has 1 saturated heterocycles. The lowest BCUT2D eigenvalue weighted by molar-refractivity contribution is -0.117. The van der Waals surface area contributed by atoms with Gasteiger partial charge in [-0.05, 0) is 37.1 Å². The molecule has 0 aliphatic carbocycles. The average Bonchev–Trinajstić information content (AvgIpc) is 3.17. The van der Waals surface area contributed by atoms with Crippen LogP contribution in [0.5, 0.6) is 0 Å². The van der Waals surface area contributed by atoms with Crippen molar-refractivity contribution in [1.29, 1.82) is 0 Å². The van der Waals surface area contributed by atoms with Gasteiger partial charge in [-0.3, -0.25) is 9.59 Å². The normalized spacial score (nSPS) is 14.5. The van der Waals surface area contributed by atoms with Crippen LogP contribution in [0.1, 0.15) is 53.7 Å². The summed E-state index contributed by atoms with van der Waals surface area (Å²) in [4.78, 5) is 30.4. The predicted octanol–water partition coefficient (Wildman–Crippen LogP) is 3.95. The highest BCUT2D eigenvalue weighted by Gasteiger charge is 2.23. The van der Waals surface area contributed by atoms with Crippen LogP contribution in [0.3, 0.4) is 0 Å². The van der Waals surface area contributed by atoms with Gasteiger partial charge in [0, 0.05) is 35.6 Å². The van der Waals surface area contributed by atoms with E-state index in [2.05, 4.69) is 24.1 Å². The topological polar surface area (TPSA) is 62.3 Å². The second kappa shape index (κ2) is 6.73. The molecule has 0 saturated carbocycles. The van der Waals surface area contributed by atoms with Crippen LogP contribution in [0.15, 0.2) is 23.6 Å². The molecule has 6 heteroatoms. The zero-order chi connectivity index (χ0) is 17.3. The summed E-state index contributed by atoms with van der Waals surface area (Å²) in [6, 6.07) is 5.63. The molecule has 1 N–H and O–H groups in total. The molecule has 5 nitrogen and oxygen atoms in total. The van der Waals surface area contributed by atoms with Gasteiger partial charge < -0.3 is 10.2 Å². The van der Waals surface area contributed by atoms with Crippen LogP contribution in [0.4, 0.5) is 11.4 Å². The third kappa shape index (κ3) is 3.33. The van der Waals surface area contributed by atoms with Gasteiger partial charge in [0.05, 0.1) is 5.01 Å². The lowest BCUT2D eigenvalue weighted by Crippen LogP contribution is -2.24. The quantitative estimate of drug-likeness (QED) is 0.914. The van der Waals surface area contributed by atoms with Gasteiger partial charge in [0.25, 0.3) is 5.91 Å². The van der Waals surface area contributed by atoms with Crippen LogP contribution in [-0.2, 0) is 4.79 Å². The Kier molecular flexibility index (Phi) is 4.66. The molecule has 2 amide bonds. The van der Waals surface area contributed by atoms with E-state index in [1.54, 1.807) is 5.38 Å². The van der Waals surface area contributed by atoms with Gasteiger partial charge in [-0.2, -0.15) is 0 Å². The Bertz CT molecular complexity index is 782. The zero-order valence-electron chi connectivity index (χ0n) is 14.1. The minimum Gasteiger partial charge on any atom is -0.321 e. The van der Waals surface area contributed by atoms with Crippen molar-refractivity contribution in [1.82, 2.24) is 4.98 Å². The van der Waals surface area contributed by atoms with Crippen LogP contribution in [0, 0.1) is 6.92 Å². The van der Waals surface area contributed by atoms with Crippen molar-refractivity contribution in [2.75, 3.05) is 16.8 Å². The summed E-state index contributed by atoms with van der Waals surface area (Å²) in [7, 11) is 0. The zero-order valence-corrected chi connectivity index (χ0v) is 14.9. The first-order valence-corrected chi connectivity index (χ1v) is 9.01. The maximum absolute atomic E-state index is 12.3. The number of hydrogen-bond donors (Lipinski definition) is 1. The summed E-state index contributed by atoms with van der Waals surface area (Å²) < 4.78 is 0. The number of hydrogen-bond acceptors (Lipinski definition) is 4. The third-order valence-electron chi connectivity index (χ3n) is 4.07. The lowest BCUT2D eigenvalue weighted by atomic mass is 10.1. The van der Waals surface area contributed by atoms with Crippen molar-refractivity contribution in [2.24, 2.45) is 0 Å². The van der Waals surface area contributed by atoms with Crippen LogP contribution in [0.25, 0.3) is 0 Å². The highest BCUT2D eigenvalue weighted by Crippen LogP contribution is 2.28. The van der Waals surface area contributed by atoms with E-state index in [0.29, 0.717) is 23.7 Å². The van der Waals surface area contributed by atoms with Gasteiger partial charge in [0.2, 0.25) is 5.91 Å². The van der Waals surface area contributed by atoms with Crippen LogP contribution < -0.4 is 10.2 Å². The molecule has 2 aromatic rings. The number of aryl methyl sites for hydroxylation is 1. The van der Waals surface area contributed by atoms with Crippen molar-refractivity contribution >= 4 is 34.5 Å². The molecule has 1 aromatic carbocycles. The fraction of sp³-hybridized carbons (Fsp3) is 0.389. The fourth-order valence-electron chi connectivity index (χ4n) is 2.79. The average molecular weight is 343 g/mol. The summed E-state index contributed by atoms with van der Waals surface area (Å²) in [6.45, 7) is 6.84. The molecule has 1 fully saturated rings. The Labute approximate surface area is 145 Å². The van der Waals surface area contributed by atoms with E-state index in [1.807, 2.05) is 30.0 Å². The van der Waals surface area contributed by atoms with Crippen LogP contribution in [-0.4, -0.2) is 23.3 Å². The van der Waals surface area contributed by atoms with E-state index in [0.717, 1.165) is 29.2 Å². The number of aromatic nitrogens is 1. The minimum atomic E-state index is -0.206. The van der Waals surface area contributed by atoms with E-state index >= 15 is 0 Å². The van der Waals surface area contributed by atoms with Gasteiger partial charge in [0.1, 0.15) is 5.69 Å². The number of nitrogens with one attached hydrogen (secondary N) is 1. The summed E-state index contributed by atoms with van der Waals surface area (Å²) >= 11 is 1.50. The number of carbonyl (C=O) groups excluding carboxylic acids is 2. The SMILES string of the molecule is Cc1cc(NC(=O)c2csc(C(C)C)n2)ccc1N1CCCC1=O. The third-order valence-corrected chi connectivity index (χ3v) is 5.21. The largest absolute Gasteiger partial charge is 0.321 e. The second-order valence-corrected chi connectivity index (χ2v) is 7.22. The highest BCUT2D eigenvalue weighted by atomic mass is 32.1. The van der Waals surface area contributed by atoms with Crippen molar-refractivity contribution in [3.63, 3.8) is 0 Å². The first kappa shape index (κ1) is 16.6. The Balaban J connectivity index is 1.74. The molecule has 1 aliphatic rings. The van der Waals surface area contributed by atoms with E-state index < -0.39 is 0 Å². The van der Waals surface area contributed by atoms with E-state index in [-0.39, 0.29) is 11.8 Å². The maximum atomic E-state index is 12.3. The second-order valence-electron chi connectivity index (χ2n) is 6.33. The number of thiazole rings is 1. The number of amides is 2. The molecule has 3 rings (SSSR count). The fourth-order valence-corrected chi connectivity index (χ4v) is 3.61.